The summed E-state index contributed by atoms with van der Waals surface area (Å²) in [6.45, 7) is 2.41. The fourth-order valence-electron chi connectivity index (χ4n) is 2.16. The number of nitrogens with one attached hydrogen (secondary N) is 2. The summed E-state index contributed by atoms with van der Waals surface area (Å²) in [7, 11) is 1.79. The maximum Gasteiger partial charge on any atom is 0.240 e. The second-order valence-electron chi connectivity index (χ2n) is 5.65. The van der Waals surface area contributed by atoms with Gasteiger partial charge in [0, 0.05) is 33.3 Å². The molecule has 2 rings (SSSR count). The minimum Gasteiger partial charge on any atom is -0.496 e. The van der Waals surface area contributed by atoms with E-state index in [0.717, 1.165) is 11.3 Å². The third-order valence-corrected chi connectivity index (χ3v) is 5.01. The molecule has 25 heavy (non-hydrogen) atoms. The van der Waals surface area contributed by atoms with Gasteiger partial charge in [-0.3, -0.25) is 0 Å². The van der Waals surface area contributed by atoms with Gasteiger partial charge in [-0.1, -0.05) is 0 Å². The van der Waals surface area contributed by atoms with E-state index in [1.54, 1.807) is 32.4 Å². The number of benzene rings is 1. The van der Waals surface area contributed by atoms with Crippen LogP contribution < -0.4 is 19.7 Å². The molecule has 0 aliphatic carbocycles. The van der Waals surface area contributed by atoms with Crippen molar-refractivity contribution >= 4 is 21.5 Å². The van der Waals surface area contributed by atoms with Crippen molar-refractivity contribution in [2.24, 2.45) is 0 Å². The summed E-state index contributed by atoms with van der Waals surface area (Å²) in [5, 5.41) is 10.9. The van der Waals surface area contributed by atoms with E-state index < -0.39 is 10.0 Å². The highest BCUT2D eigenvalue weighted by molar-refractivity contribution is 7.89. The first-order valence-corrected chi connectivity index (χ1v) is 9.20. The number of anilines is 2. The molecule has 0 aliphatic heterocycles. The number of hydrogen-bond donors (Lipinski definition) is 2. The van der Waals surface area contributed by atoms with Crippen molar-refractivity contribution in [1.82, 2.24) is 14.9 Å². The highest BCUT2D eigenvalue weighted by Crippen LogP contribution is 2.21. The van der Waals surface area contributed by atoms with Crippen molar-refractivity contribution in [2.45, 2.75) is 11.8 Å². The average molecular weight is 365 g/mol. The highest BCUT2D eigenvalue weighted by atomic mass is 32.2. The Hall–Kier alpha value is -2.39. The van der Waals surface area contributed by atoms with E-state index in [1.165, 1.54) is 6.07 Å². The number of ether oxygens (including phenoxy) is 1. The smallest absolute Gasteiger partial charge is 0.240 e. The number of aromatic nitrogens is 2. The number of hydrogen-bond acceptors (Lipinski definition) is 7. The SMILES string of the molecule is COc1ccc(S(=O)(=O)NCCNc2cc(N(C)C)cnn2)cc1C. The van der Waals surface area contributed by atoms with Crippen LogP contribution in [0.5, 0.6) is 5.75 Å². The zero-order chi connectivity index (χ0) is 18.4. The van der Waals surface area contributed by atoms with Crippen molar-refractivity contribution < 1.29 is 13.2 Å². The lowest BCUT2D eigenvalue weighted by molar-refractivity contribution is 0.411. The molecule has 0 atom stereocenters. The van der Waals surface area contributed by atoms with E-state index in [9.17, 15) is 8.42 Å². The molecule has 0 fully saturated rings. The highest BCUT2D eigenvalue weighted by Gasteiger charge is 2.14. The zero-order valence-electron chi connectivity index (χ0n) is 14.8. The first-order chi connectivity index (χ1) is 11.8. The molecule has 0 radical (unpaired) electrons. The van der Waals surface area contributed by atoms with Crippen LogP contribution in [0.15, 0.2) is 35.4 Å². The monoisotopic (exact) mass is 365 g/mol. The maximum atomic E-state index is 12.3. The van der Waals surface area contributed by atoms with E-state index in [0.29, 0.717) is 18.1 Å². The van der Waals surface area contributed by atoms with Crippen molar-refractivity contribution in [1.29, 1.82) is 0 Å². The zero-order valence-corrected chi connectivity index (χ0v) is 15.6. The molecule has 1 aromatic heterocycles. The Labute approximate surface area is 148 Å². The Morgan fingerprint density at radius 3 is 2.60 bits per heavy atom. The predicted octanol–water partition coefficient (Wildman–Crippen LogP) is 1.25. The Morgan fingerprint density at radius 1 is 1.20 bits per heavy atom. The van der Waals surface area contributed by atoms with Gasteiger partial charge in [-0.15, -0.1) is 5.10 Å². The fraction of sp³-hybridized carbons (Fsp3) is 0.375. The molecule has 0 bridgehead atoms. The minimum atomic E-state index is -3.57. The molecule has 2 N–H and O–H groups in total. The van der Waals surface area contributed by atoms with Gasteiger partial charge < -0.3 is 15.0 Å². The molecule has 0 saturated carbocycles. The molecule has 0 amide bonds. The first kappa shape index (κ1) is 18.9. The first-order valence-electron chi connectivity index (χ1n) is 7.71. The summed E-state index contributed by atoms with van der Waals surface area (Å²) in [6.07, 6.45) is 1.65. The van der Waals surface area contributed by atoms with Crippen LogP contribution in [0.3, 0.4) is 0 Å². The van der Waals surface area contributed by atoms with Gasteiger partial charge in [-0.05, 0) is 30.7 Å². The normalized spacial score (nSPS) is 11.2. The lowest BCUT2D eigenvalue weighted by Gasteiger charge is -2.13. The second kappa shape index (κ2) is 8.13. The summed E-state index contributed by atoms with van der Waals surface area (Å²) in [5.74, 6) is 1.24. The number of sulfonamides is 1. The van der Waals surface area contributed by atoms with Gasteiger partial charge in [0.1, 0.15) is 5.75 Å². The summed E-state index contributed by atoms with van der Waals surface area (Å²) in [6, 6.07) is 6.59. The molecule has 0 saturated heterocycles. The van der Waals surface area contributed by atoms with Crippen LogP contribution in [0.25, 0.3) is 0 Å². The number of rotatable bonds is 8. The average Bonchev–Trinajstić information content (AvgIpc) is 2.59. The summed E-state index contributed by atoms with van der Waals surface area (Å²) < 4.78 is 32.4. The van der Waals surface area contributed by atoms with Crippen molar-refractivity contribution in [2.75, 3.05) is 44.5 Å². The molecule has 2 aromatic rings. The quantitative estimate of drug-likeness (QED) is 0.680. The molecule has 136 valence electrons. The summed E-state index contributed by atoms with van der Waals surface area (Å²) >= 11 is 0. The molecule has 0 unspecified atom stereocenters. The second-order valence-corrected chi connectivity index (χ2v) is 7.42. The van der Waals surface area contributed by atoms with E-state index in [2.05, 4.69) is 20.2 Å². The van der Waals surface area contributed by atoms with Crippen molar-refractivity contribution in [3.05, 3.63) is 36.0 Å². The van der Waals surface area contributed by atoms with Crippen LogP contribution >= 0.6 is 0 Å². The minimum absolute atomic E-state index is 0.209. The fourth-order valence-corrected chi connectivity index (χ4v) is 3.28. The largest absolute Gasteiger partial charge is 0.496 e. The van der Waals surface area contributed by atoms with Crippen LogP contribution in [-0.2, 0) is 10.0 Å². The van der Waals surface area contributed by atoms with Gasteiger partial charge in [0.05, 0.1) is 23.9 Å². The molecule has 1 aromatic carbocycles. The van der Waals surface area contributed by atoms with E-state index >= 15 is 0 Å². The number of methoxy groups -OCH3 is 1. The van der Waals surface area contributed by atoms with Gasteiger partial charge in [0.25, 0.3) is 0 Å². The third kappa shape index (κ3) is 5.04. The van der Waals surface area contributed by atoms with Crippen LogP contribution in [0.4, 0.5) is 11.5 Å². The lowest BCUT2D eigenvalue weighted by Crippen LogP contribution is -2.29. The van der Waals surface area contributed by atoms with Gasteiger partial charge in [-0.2, -0.15) is 5.10 Å². The molecule has 0 spiro atoms. The molecule has 8 nitrogen and oxygen atoms in total. The summed E-state index contributed by atoms with van der Waals surface area (Å²) in [4.78, 5) is 2.12. The van der Waals surface area contributed by atoms with E-state index in [4.69, 9.17) is 4.74 Å². The van der Waals surface area contributed by atoms with Crippen molar-refractivity contribution in [3.63, 3.8) is 0 Å². The molecule has 1 heterocycles. The van der Waals surface area contributed by atoms with Gasteiger partial charge in [0.15, 0.2) is 5.82 Å². The molecular formula is C16H23N5O3S. The Balaban J connectivity index is 1.92. The van der Waals surface area contributed by atoms with Crippen molar-refractivity contribution in [3.8, 4) is 5.75 Å². The Morgan fingerprint density at radius 2 is 1.96 bits per heavy atom. The van der Waals surface area contributed by atoms with Gasteiger partial charge >= 0.3 is 0 Å². The van der Waals surface area contributed by atoms with Gasteiger partial charge in [0.2, 0.25) is 10.0 Å². The van der Waals surface area contributed by atoms with Crippen LogP contribution in [0.2, 0.25) is 0 Å². The molecular weight excluding hydrogens is 342 g/mol. The third-order valence-electron chi connectivity index (χ3n) is 3.56. The molecule has 0 aliphatic rings. The summed E-state index contributed by atoms with van der Waals surface area (Å²) in [5.41, 5.74) is 1.67. The standard InChI is InChI=1S/C16H23N5O3S/c1-12-9-14(5-6-15(12)24-4)25(22,23)19-8-7-17-16-10-13(21(2)3)11-18-20-16/h5-6,9-11,19H,7-8H2,1-4H3,(H,17,20). The van der Waals surface area contributed by atoms with Crippen LogP contribution in [0, 0.1) is 6.92 Å². The number of aryl methyl sites for hydroxylation is 1. The van der Waals surface area contributed by atoms with Crippen LogP contribution in [0.1, 0.15) is 5.56 Å². The topological polar surface area (TPSA) is 96.5 Å². The predicted molar refractivity (Wildman–Crippen MR) is 97.8 cm³/mol. The Kier molecular flexibility index (Phi) is 6.16. The molecule has 9 heteroatoms. The van der Waals surface area contributed by atoms with Gasteiger partial charge in [-0.25, -0.2) is 13.1 Å². The Bertz CT molecular complexity index is 824. The maximum absolute atomic E-state index is 12.3. The van der Waals surface area contributed by atoms with Crippen LogP contribution in [-0.4, -0.2) is 52.9 Å². The van der Waals surface area contributed by atoms with E-state index in [1.807, 2.05) is 25.1 Å². The lowest BCUT2D eigenvalue weighted by atomic mass is 10.2. The van der Waals surface area contributed by atoms with E-state index in [-0.39, 0.29) is 11.4 Å². The number of nitrogens with zero attached hydrogens (tertiary/aromatic N) is 3.